The van der Waals surface area contributed by atoms with Crippen LogP contribution in [0, 0.1) is 0 Å². The zero-order valence-corrected chi connectivity index (χ0v) is 18.8. The Morgan fingerprint density at radius 3 is 2.40 bits per heavy atom. The maximum absolute atomic E-state index is 12.4. The molecule has 0 bridgehead atoms. The highest BCUT2D eigenvalue weighted by Crippen LogP contribution is 2.29. The normalized spacial score (nSPS) is 19.8. The second kappa shape index (κ2) is 10.2. The van der Waals surface area contributed by atoms with Gasteiger partial charge in [-0.15, -0.1) is 0 Å². The predicted octanol–water partition coefficient (Wildman–Crippen LogP) is 3.04. The maximum atomic E-state index is 12.4. The molecule has 166 valence electrons. The molecule has 2 aliphatic rings. The first kappa shape index (κ1) is 22.4. The standard InChI is InChI=1S/C23H37N5O2/c1-23(2,3)30-22(29)27-20(17-8-6-5-7-9-17)16-25-21(24-4)26-18-12-14-28(15-13-18)19-10-11-19/h5-9,18-20H,10-16H2,1-4H3,(H,27,29)(H2,24,25,26). The van der Waals surface area contributed by atoms with Gasteiger partial charge in [0.1, 0.15) is 5.60 Å². The highest BCUT2D eigenvalue weighted by Gasteiger charge is 2.32. The number of amides is 1. The lowest BCUT2D eigenvalue weighted by Crippen LogP contribution is -2.50. The third-order valence-corrected chi connectivity index (χ3v) is 5.52. The number of carbonyl (C=O) groups is 1. The first-order valence-corrected chi connectivity index (χ1v) is 11.1. The van der Waals surface area contributed by atoms with Crippen molar-refractivity contribution in [3.63, 3.8) is 0 Å². The summed E-state index contributed by atoms with van der Waals surface area (Å²) in [6.07, 6.45) is 4.58. The zero-order chi connectivity index (χ0) is 21.6. The van der Waals surface area contributed by atoms with E-state index >= 15 is 0 Å². The van der Waals surface area contributed by atoms with E-state index in [1.165, 1.54) is 12.8 Å². The number of ether oxygens (including phenoxy) is 1. The summed E-state index contributed by atoms with van der Waals surface area (Å²) < 4.78 is 5.45. The molecule has 2 fully saturated rings. The van der Waals surface area contributed by atoms with Crippen LogP contribution in [0.5, 0.6) is 0 Å². The third-order valence-electron chi connectivity index (χ3n) is 5.52. The van der Waals surface area contributed by atoms with Gasteiger partial charge in [-0.2, -0.15) is 0 Å². The molecule has 0 spiro atoms. The summed E-state index contributed by atoms with van der Waals surface area (Å²) in [7, 11) is 1.79. The molecule has 1 aromatic carbocycles. The van der Waals surface area contributed by atoms with Gasteiger partial charge >= 0.3 is 6.09 Å². The van der Waals surface area contributed by atoms with E-state index in [2.05, 4.69) is 25.8 Å². The van der Waals surface area contributed by atoms with Crippen molar-refractivity contribution in [1.29, 1.82) is 0 Å². The number of carbonyl (C=O) groups excluding carboxylic acids is 1. The second-order valence-electron chi connectivity index (χ2n) is 9.25. The second-order valence-corrected chi connectivity index (χ2v) is 9.25. The molecule has 0 aromatic heterocycles. The Labute approximate surface area is 180 Å². The van der Waals surface area contributed by atoms with Gasteiger partial charge in [0.05, 0.1) is 6.04 Å². The van der Waals surface area contributed by atoms with Gasteiger partial charge in [0, 0.05) is 38.8 Å². The van der Waals surface area contributed by atoms with Crippen molar-refractivity contribution >= 4 is 12.1 Å². The van der Waals surface area contributed by atoms with Crippen LogP contribution in [-0.4, -0.2) is 61.3 Å². The van der Waals surface area contributed by atoms with Crippen LogP contribution in [0.3, 0.4) is 0 Å². The summed E-state index contributed by atoms with van der Waals surface area (Å²) in [6, 6.07) is 11.0. The van der Waals surface area contributed by atoms with Gasteiger partial charge in [0.25, 0.3) is 0 Å². The van der Waals surface area contributed by atoms with Crippen LogP contribution >= 0.6 is 0 Å². The highest BCUT2D eigenvalue weighted by molar-refractivity contribution is 5.80. The summed E-state index contributed by atoms with van der Waals surface area (Å²) in [5, 5.41) is 9.92. The van der Waals surface area contributed by atoms with E-state index in [-0.39, 0.29) is 6.04 Å². The molecule has 7 nitrogen and oxygen atoms in total. The molecule has 0 radical (unpaired) electrons. The lowest BCUT2D eigenvalue weighted by Gasteiger charge is -2.33. The predicted molar refractivity (Wildman–Crippen MR) is 121 cm³/mol. The average Bonchev–Trinajstić information content (AvgIpc) is 3.55. The van der Waals surface area contributed by atoms with Crippen LogP contribution in [0.4, 0.5) is 4.79 Å². The number of aliphatic imine (C=N–C) groups is 1. The van der Waals surface area contributed by atoms with Crippen molar-refractivity contribution in [2.75, 3.05) is 26.7 Å². The molecule has 1 aliphatic carbocycles. The summed E-state index contributed by atoms with van der Waals surface area (Å²) in [6.45, 7) is 8.43. The zero-order valence-electron chi connectivity index (χ0n) is 18.8. The first-order valence-electron chi connectivity index (χ1n) is 11.1. The SMILES string of the molecule is CN=C(NCC(NC(=O)OC(C)(C)C)c1ccccc1)NC1CCN(C2CC2)CC1. The Balaban J connectivity index is 1.53. The molecule has 1 aliphatic heterocycles. The van der Waals surface area contributed by atoms with Crippen molar-refractivity contribution < 1.29 is 9.53 Å². The van der Waals surface area contributed by atoms with Crippen LogP contribution in [0.15, 0.2) is 35.3 Å². The Bertz CT molecular complexity index is 704. The van der Waals surface area contributed by atoms with Gasteiger partial charge in [-0.1, -0.05) is 30.3 Å². The lowest BCUT2D eigenvalue weighted by molar-refractivity contribution is 0.0504. The van der Waals surface area contributed by atoms with E-state index in [9.17, 15) is 4.79 Å². The molecule has 1 unspecified atom stereocenters. The highest BCUT2D eigenvalue weighted by atomic mass is 16.6. The molecule has 1 saturated carbocycles. The number of benzene rings is 1. The fourth-order valence-electron chi connectivity index (χ4n) is 3.82. The number of nitrogens with one attached hydrogen (secondary N) is 3. The Morgan fingerprint density at radius 2 is 1.83 bits per heavy atom. The molecule has 1 amide bonds. The van der Waals surface area contributed by atoms with Crippen LogP contribution in [0.1, 0.15) is 58.1 Å². The van der Waals surface area contributed by atoms with Crippen LogP contribution in [0.25, 0.3) is 0 Å². The summed E-state index contributed by atoms with van der Waals surface area (Å²) >= 11 is 0. The van der Waals surface area contributed by atoms with E-state index in [4.69, 9.17) is 4.74 Å². The molecule has 1 aromatic rings. The van der Waals surface area contributed by atoms with Gasteiger partial charge in [0.2, 0.25) is 0 Å². The molecule has 3 N–H and O–H groups in total. The minimum absolute atomic E-state index is 0.226. The van der Waals surface area contributed by atoms with E-state index in [0.717, 1.165) is 43.5 Å². The van der Waals surface area contributed by atoms with Crippen LogP contribution < -0.4 is 16.0 Å². The first-order chi connectivity index (χ1) is 14.3. The quantitative estimate of drug-likeness (QED) is 0.492. The monoisotopic (exact) mass is 415 g/mol. The van der Waals surface area contributed by atoms with Gasteiger partial charge in [-0.25, -0.2) is 4.79 Å². The molecule has 7 heteroatoms. The smallest absolute Gasteiger partial charge is 0.408 e. The van der Waals surface area contributed by atoms with Gasteiger partial charge < -0.3 is 25.6 Å². The van der Waals surface area contributed by atoms with Crippen molar-refractivity contribution in [3.8, 4) is 0 Å². The third kappa shape index (κ3) is 7.20. The van der Waals surface area contributed by atoms with E-state index in [1.807, 2.05) is 51.1 Å². The number of hydrogen-bond acceptors (Lipinski definition) is 4. The van der Waals surface area contributed by atoms with E-state index < -0.39 is 11.7 Å². The Kier molecular flexibility index (Phi) is 7.58. The van der Waals surface area contributed by atoms with Gasteiger partial charge in [-0.3, -0.25) is 4.99 Å². The molecule has 1 saturated heterocycles. The minimum Gasteiger partial charge on any atom is -0.444 e. The maximum Gasteiger partial charge on any atom is 0.408 e. The molecular weight excluding hydrogens is 378 g/mol. The number of likely N-dealkylation sites (tertiary alicyclic amines) is 1. The Morgan fingerprint density at radius 1 is 1.17 bits per heavy atom. The fourth-order valence-corrected chi connectivity index (χ4v) is 3.82. The van der Waals surface area contributed by atoms with E-state index in [1.54, 1.807) is 7.05 Å². The molecular formula is C23H37N5O2. The topological polar surface area (TPSA) is 78.0 Å². The summed E-state index contributed by atoms with van der Waals surface area (Å²) in [5.74, 6) is 0.770. The largest absolute Gasteiger partial charge is 0.444 e. The van der Waals surface area contributed by atoms with Crippen molar-refractivity contribution in [2.24, 2.45) is 4.99 Å². The number of guanidine groups is 1. The Hall–Kier alpha value is -2.28. The summed E-state index contributed by atoms with van der Waals surface area (Å²) in [4.78, 5) is 19.4. The lowest BCUT2D eigenvalue weighted by atomic mass is 10.1. The summed E-state index contributed by atoms with van der Waals surface area (Å²) in [5.41, 5.74) is 0.482. The van der Waals surface area contributed by atoms with Gasteiger partial charge in [0.15, 0.2) is 5.96 Å². The molecule has 30 heavy (non-hydrogen) atoms. The fraction of sp³-hybridized carbons (Fsp3) is 0.652. The molecule has 3 rings (SSSR count). The van der Waals surface area contributed by atoms with Gasteiger partial charge in [-0.05, 0) is 52.0 Å². The number of rotatable bonds is 6. The number of hydrogen-bond donors (Lipinski definition) is 3. The van der Waals surface area contributed by atoms with Crippen molar-refractivity contribution in [3.05, 3.63) is 35.9 Å². The molecule has 1 heterocycles. The van der Waals surface area contributed by atoms with Crippen molar-refractivity contribution in [1.82, 2.24) is 20.9 Å². The molecule has 1 atom stereocenters. The minimum atomic E-state index is -0.536. The number of alkyl carbamates (subject to hydrolysis) is 1. The number of nitrogens with zero attached hydrogens (tertiary/aromatic N) is 2. The van der Waals surface area contributed by atoms with E-state index in [0.29, 0.717) is 12.6 Å². The van der Waals surface area contributed by atoms with Crippen LogP contribution in [0.2, 0.25) is 0 Å². The van der Waals surface area contributed by atoms with Crippen molar-refractivity contribution in [2.45, 2.75) is 70.2 Å². The average molecular weight is 416 g/mol. The van der Waals surface area contributed by atoms with Crippen LogP contribution in [-0.2, 0) is 4.74 Å². The number of piperidine rings is 1.